The monoisotopic (exact) mass is 429 g/mol. The maximum absolute atomic E-state index is 13.0. The first kappa shape index (κ1) is 21.0. The second kappa shape index (κ2) is 11.6. The summed E-state index contributed by atoms with van der Waals surface area (Å²) in [6, 6.07) is 1.97. The van der Waals surface area contributed by atoms with Crippen LogP contribution in [-0.4, -0.2) is 19.0 Å². The van der Waals surface area contributed by atoms with Crippen molar-refractivity contribution < 1.29 is 13.2 Å². The summed E-state index contributed by atoms with van der Waals surface area (Å²) in [5, 5.41) is 2.86. The molecule has 1 aromatic rings. The Labute approximate surface area is 146 Å². The van der Waals surface area contributed by atoms with Crippen LogP contribution in [0.15, 0.2) is 17.1 Å². The van der Waals surface area contributed by atoms with E-state index in [2.05, 4.69) is 17.2 Å². The minimum atomic E-state index is -1.44. The zero-order valence-corrected chi connectivity index (χ0v) is 15.0. The third-order valence-corrected chi connectivity index (χ3v) is 3.06. The van der Waals surface area contributed by atoms with Gasteiger partial charge in [-0.3, -0.25) is 4.99 Å². The fourth-order valence-electron chi connectivity index (χ4n) is 1.88. The van der Waals surface area contributed by atoms with Crippen LogP contribution in [0.3, 0.4) is 0 Å². The molecule has 0 heterocycles. The molecule has 0 aromatic heterocycles. The lowest BCUT2D eigenvalue weighted by molar-refractivity contribution is 0.445. The minimum absolute atomic E-state index is 0. The van der Waals surface area contributed by atoms with Crippen LogP contribution in [-0.2, 0) is 6.42 Å². The summed E-state index contributed by atoms with van der Waals surface area (Å²) in [6.45, 7) is 3.19. The molecule has 0 bridgehead atoms. The maximum Gasteiger partial charge on any atom is 0.194 e. The lowest BCUT2D eigenvalue weighted by atomic mass is 10.1. The van der Waals surface area contributed by atoms with Crippen LogP contribution in [0.25, 0.3) is 0 Å². The van der Waals surface area contributed by atoms with E-state index in [0.717, 1.165) is 25.0 Å². The van der Waals surface area contributed by atoms with E-state index in [1.807, 2.05) is 0 Å². The molecule has 3 nitrogen and oxygen atoms in total. The third-order valence-electron chi connectivity index (χ3n) is 3.06. The molecule has 0 aliphatic carbocycles. The van der Waals surface area contributed by atoms with Crippen molar-refractivity contribution in [3.8, 4) is 0 Å². The van der Waals surface area contributed by atoms with Crippen molar-refractivity contribution in [2.45, 2.75) is 39.0 Å². The maximum atomic E-state index is 13.0. The van der Waals surface area contributed by atoms with Gasteiger partial charge in [-0.05, 0) is 30.5 Å². The molecule has 0 saturated heterocycles. The smallest absolute Gasteiger partial charge is 0.194 e. The van der Waals surface area contributed by atoms with Gasteiger partial charge in [-0.2, -0.15) is 0 Å². The lowest BCUT2D eigenvalue weighted by Gasteiger charge is -2.06. The van der Waals surface area contributed by atoms with Gasteiger partial charge >= 0.3 is 0 Å². The summed E-state index contributed by atoms with van der Waals surface area (Å²) in [6.07, 6.45) is 4.80. The average molecular weight is 429 g/mol. The Morgan fingerprint density at radius 1 is 1.14 bits per heavy atom. The largest absolute Gasteiger partial charge is 0.370 e. The summed E-state index contributed by atoms with van der Waals surface area (Å²) >= 11 is 0. The summed E-state index contributed by atoms with van der Waals surface area (Å²) in [4.78, 5) is 4.15. The predicted molar refractivity (Wildman–Crippen MR) is 94.1 cm³/mol. The van der Waals surface area contributed by atoms with E-state index in [0.29, 0.717) is 31.0 Å². The van der Waals surface area contributed by atoms with Crippen molar-refractivity contribution in [1.82, 2.24) is 5.32 Å². The molecule has 0 spiro atoms. The van der Waals surface area contributed by atoms with Gasteiger partial charge in [0.15, 0.2) is 23.4 Å². The molecule has 7 heteroatoms. The number of nitrogens with zero attached hydrogens (tertiary/aromatic N) is 1. The van der Waals surface area contributed by atoms with Gasteiger partial charge in [-0.1, -0.05) is 26.2 Å². The van der Waals surface area contributed by atoms with Crippen molar-refractivity contribution in [2.24, 2.45) is 10.7 Å². The van der Waals surface area contributed by atoms with Crippen molar-refractivity contribution in [3.63, 3.8) is 0 Å². The minimum Gasteiger partial charge on any atom is -0.370 e. The molecule has 1 aromatic carbocycles. The van der Waals surface area contributed by atoms with E-state index < -0.39 is 17.5 Å². The normalized spacial score (nSPS) is 11.2. The topological polar surface area (TPSA) is 50.4 Å². The molecule has 0 radical (unpaired) electrons. The number of nitrogens with two attached hydrogens (primary N) is 1. The molecule has 0 saturated carbocycles. The van der Waals surface area contributed by atoms with Gasteiger partial charge in [0.1, 0.15) is 0 Å². The van der Waals surface area contributed by atoms with Crippen LogP contribution in [0.2, 0.25) is 0 Å². The molecule has 0 fully saturated rings. The van der Waals surface area contributed by atoms with Crippen LogP contribution >= 0.6 is 24.0 Å². The Bertz CT molecular complexity index is 458. The molecule has 0 amide bonds. The molecule has 0 aliphatic heterocycles. The van der Waals surface area contributed by atoms with Crippen LogP contribution in [0, 0.1) is 17.5 Å². The summed E-state index contributed by atoms with van der Waals surface area (Å²) < 4.78 is 38.8. The second-order valence-corrected chi connectivity index (χ2v) is 4.88. The van der Waals surface area contributed by atoms with Gasteiger partial charge in [0.2, 0.25) is 0 Å². The Morgan fingerprint density at radius 3 is 2.36 bits per heavy atom. The summed E-state index contributed by atoms with van der Waals surface area (Å²) in [5.74, 6) is -3.49. The molecular weight excluding hydrogens is 406 g/mol. The van der Waals surface area contributed by atoms with Gasteiger partial charge in [0.25, 0.3) is 0 Å². The van der Waals surface area contributed by atoms with Crippen LogP contribution < -0.4 is 11.1 Å². The molecule has 0 atom stereocenters. The van der Waals surface area contributed by atoms with Crippen LogP contribution in [0.4, 0.5) is 13.2 Å². The van der Waals surface area contributed by atoms with Gasteiger partial charge in [0, 0.05) is 13.1 Å². The highest BCUT2D eigenvalue weighted by Gasteiger charge is 2.10. The number of benzene rings is 1. The number of hydrogen-bond donors (Lipinski definition) is 2. The Hall–Kier alpha value is -0.990. The highest BCUT2D eigenvalue weighted by Crippen LogP contribution is 2.13. The third kappa shape index (κ3) is 7.86. The molecule has 3 N–H and O–H groups in total. The summed E-state index contributed by atoms with van der Waals surface area (Å²) in [5.41, 5.74) is 6.04. The number of nitrogens with one attached hydrogen (secondary N) is 1. The number of halogens is 4. The first-order valence-corrected chi connectivity index (χ1v) is 7.21. The van der Waals surface area contributed by atoms with E-state index in [-0.39, 0.29) is 24.0 Å². The van der Waals surface area contributed by atoms with E-state index >= 15 is 0 Å². The fraction of sp³-hybridized carbons (Fsp3) is 0.533. The van der Waals surface area contributed by atoms with Crippen molar-refractivity contribution >= 4 is 29.9 Å². The first-order valence-electron chi connectivity index (χ1n) is 7.21. The number of hydrogen-bond acceptors (Lipinski definition) is 1. The quantitative estimate of drug-likeness (QED) is 0.218. The van der Waals surface area contributed by atoms with E-state index in [9.17, 15) is 13.2 Å². The zero-order chi connectivity index (χ0) is 15.7. The Morgan fingerprint density at radius 2 is 1.77 bits per heavy atom. The van der Waals surface area contributed by atoms with E-state index in [1.54, 1.807) is 0 Å². The second-order valence-electron chi connectivity index (χ2n) is 4.88. The fourth-order valence-corrected chi connectivity index (χ4v) is 1.88. The summed E-state index contributed by atoms with van der Waals surface area (Å²) in [7, 11) is 0. The van der Waals surface area contributed by atoms with Gasteiger partial charge in [-0.15, -0.1) is 24.0 Å². The first-order chi connectivity index (χ1) is 10.0. The molecule has 0 unspecified atom stereocenters. The highest BCUT2D eigenvalue weighted by molar-refractivity contribution is 14.0. The highest BCUT2D eigenvalue weighted by atomic mass is 127. The van der Waals surface area contributed by atoms with Gasteiger partial charge in [0.05, 0.1) is 0 Å². The van der Waals surface area contributed by atoms with Crippen LogP contribution in [0.1, 0.15) is 38.2 Å². The molecular formula is C15H23F3IN3. The Kier molecular flexibility index (Phi) is 11.0. The van der Waals surface area contributed by atoms with Gasteiger partial charge < -0.3 is 11.1 Å². The van der Waals surface area contributed by atoms with Crippen molar-refractivity contribution in [1.29, 1.82) is 0 Å². The molecule has 126 valence electrons. The van der Waals surface area contributed by atoms with E-state index in [1.165, 1.54) is 12.8 Å². The molecule has 1 rings (SSSR count). The number of guanidine groups is 1. The lowest BCUT2D eigenvalue weighted by Crippen LogP contribution is -2.33. The number of rotatable bonds is 8. The SMILES string of the molecule is CCCCCCN=C(N)NCCc1cc(F)c(F)c(F)c1.I. The Balaban J connectivity index is 0.00000441. The molecule has 0 aliphatic rings. The van der Waals surface area contributed by atoms with Gasteiger partial charge in [-0.25, -0.2) is 13.2 Å². The van der Waals surface area contributed by atoms with Crippen molar-refractivity contribution in [3.05, 3.63) is 35.1 Å². The average Bonchev–Trinajstić information content (AvgIpc) is 2.44. The standard InChI is InChI=1S/C15H22F3N3.HI/c1-2-3-4-5-7-20-15(19)21-8-6-11-9-12(16)14(18)13(17)10-11;/h9-10H,2-8H2,1H3,(H3,19,20,21);1H. The number of aliphatic imine (C=N–C) groups is 1. The van der Waals surface area contributed by atoms with Crippen molar-refractivity contribution in [2.75, 3.05) is 13.1 Å². The molecule has 22 heavy (non-hydrogen) atoms. The van der Waals surface area contributed by atoms with Crippen LogP contribution in [0.5, 0.6) is 0 Å². The number of unbranched alkanes of at least 4 members (excludes halogenated alkanes) is 3. The van der Waals surface area contributed by atoms with E-state index in [4.69, 9.17) is 5.73 Å². The predicted octanol–water partition coefficient (Wildman–Crippen LogP) is 3.75. The zero-order valence-electron chi connectivity index (χ0n) is 12.7.